The largest absolute Gasteiger partial charge is 0.543 e. The number of benzene rings is 5. The van der Waals surface area contributed by atoms with E-state index in [-0.39, 0.29) is 17.2 Å². The molecule has 1 aliphatic rings. The second-order valence-corrected chi connectivity index (χ2v) is 18.7. The third-order valence-electron chi connectivity index (χ3n) is 9.22. The van der Waals surface area contributed by atoms with Gasteiger partial charge in [0.25, 0.3) is 0 Å². The Morgan fingerprint density at radius 3 is 1.54 bits per heavy atom. The Morgan fingerprint density at radius 1 is 0.583 bits per heavy atom. The van der Waals surface area contributed by atoms with Gasteiger partial charge in [0.2, 0.25) is 14.1 Å². The molecule has 1 fully saturated rings. The second kappa shape index (κ2) is 14.7. The third kappa shape index (κ3) is 8.49. The van der Waals surface area contributed by atoms with Gasteiger partial charge in [0.05, 0.1) is 6.10 Å². The van der Waals surface area contributed by atoms with Crippen LogP contribution < -0.4 is 18.6 Å². The van der Waals surface area contributed by atoms with Crippen LogP contribution in [0.5, 0.6) is 23.0 Å². The highest BCUT2D eigenvalue weighted by atomic mass is 28.4. The molecule has 248 valence electrons. The lowest BCUT2D eigenvalue weighted by Gasteiger charge is -2.37. The van der Waals surface area contributed by atoms with Crippen LogP contribution in [-0.2, 0) is 31.0 Å². The third-order valence-corrected chi connectivity index (χ3v) is 13.6. The minimum atomic E-state index is -2.00. The molecule has 5 aromatic carbocycles. The van der Waals surface area contributed by atoms with E-state index in [1.165, 1.54) is 5.56 Å². The number of hydrogen-bond acceptors (Lipinski definition) is 5. The van der Waals surface area contributed by atoms with Gasteiger partial charge in [0, 0.05) is 6.42 Å². The molecule has 0 radical (unpaired) electrons. The number of para-hydroxylation sites is 1. The maximum atomic E-state index is 6.76. The standard InChI is InChI=1S/C42H46O5Si/c1-42(2,3)48(4,5)47-36-24-16-15-23-34(36)25-39-40(46-39)35-26-37(43-28-31-17-9-6-10-18-31)41(45-30-33-21-13-8-14-22-33)38(27-35)44-29-32-19-11-7-12-20-32/h6-24,26-27,39-40H,25,28-30H2,1-5H3/t39-,40-/m0/s1. The van der Waals surface area contributed by atoms with Crippen LogP contribution in [0.2, 0.25) is 18.1 Å². The molecular formula is C42H46O5Si. The Hall–Kier alpha value is -4.52. The Kier molecular flexibility index (Phi) is 10.2. The fourth-order valence-corrected chi connectivity index (χ4v) is 6.38. The van der Waals surface area contributed by atoms with Crippen LogP contribution in [0, 0.1) is 0 Å². The highest BCUT2D eigenvalue weighted by Crippen LogP contribution is 2.49. The summed E-state index contributed by atoms with van der Waals surface area (Å²) in [6, 6.07) is 43.0. The van der Waals surface area contributed by atoms with Gasteiger partial charge in [-0.15, -0.1) is 0 Å². The van der Waals surface area contributed by atoms with Crippen LogP contribution in [-0.4, -0.2) is 14.4 Å². The van der Waals surface area contributed by atoms with Gasteiger partial charge in [-0.25, -0.2) is 0 Å². The minimum Gasteiger partial charge on any atom is -0.543 e. The van der Waals surface area contributed by atoms with E-state index in [0.29, 0.717) is 37.1 Å². The van der Waals surface area contributed by atoms with Gasteiger partial charge in [-0.05, 0) is 64.1 Å². The molecule has 2 atom stereocenters. The van der Waals surface area contributed by atoms with Crippen LogP contribution in [0.1, 0.15) is 54.7 Å². The zero-order chi connectivity index (χ0) is 33.6. The van der Waals surface area contributed by atoms with Crippen LogP contribution >= 0.6 is 0 Å². The van der Waals surface area contributed by atoms with Crippen molar-refractivity contribution in [3.63, 3.8) is 0 Å². The fraction of sp³-hybridized carbons (Fsp3) is 0.286. The summed E-state index contributed by atoms with van der Waals surface area (Å²) in [7, 11) is -2.00. The highest BCUT2D eigenvalue weighted by Gasteiger charge is 2.43. The first-order chi connectivity index (χ1) is 23.2. The average Bonchev–Trinajstić information content (AvgIpc) is 3.86. The van der Waals surface area contributed by atoms with Gasteiger partial charge in [0.15, 0.2) is 11.5 Å². The van der Waals surface area contributed by atoms with Crippen molar-refractivity contribution in [1.82, 2.24) is 0 Å². The number of rotatable bonds is 14. The van der Waals surface area contributed by atoms with E-state index < -0.39 is 8.32 Å². The molecular weight excluding hydrogens is 613 g/mol. The molecule has 0 aliphatic carbocycles. The Morgan fingerprint density at radius 2 is 1.04 bits per heavy atom. The second-order valence-electron chi connectivity index (χ2n) is 13.9. The van der Waals surface area contributed by atoms with Gasteiger partial charge in [-0.1, -0.05) is 130 Å². The molecule has 6 heteroatoms. The first-order valence-electron chi connectivity index (χ1n) is 16.8. The van der Waals surface area contributed by atoms with Crippen molar-refractivity contribution in [2.45, 2.75) is 77.4 Å². The molecule has 0 spiro atoms. The Labute approximate surface area is 286 Å². The summed E-state index contributed by atoms with van der Waals surface area (Å²) in [5, 5.41) is 0.107. The van der Waals surface area contributed by atoms with E-state index in [4.69, 9.17) is 23.4 Å². The molecule has 1 saturated heterocycles. The van der Waals surface area contributed by atoms with Crippen molar-refractivity contribution in [3.8, 4) is 23.0 Å². The zero-order valence-corrected chi connectivity index (χ0v) is 29.6. The molecule has 6 rings (SSSR count). The maximum Gasteiger partial charge on any atom is 0.250 e. The van der Waals surface area contributed by atoms with E-state index in [9.17, 15) is 0 Å². The molecule has 0 N–H and O–H groups in total. The van der Waals surface area contributed by atoms with Crippen LogP contribution in [0.25, 0.3) is 0 Å². The van der Waals surface area contributed by atoms with Crippen molar-refractivity contribution in [1.29, 1.82) is 0 Å². The topological polar surface area (TPSA) is 49.5 Å². The molecule has 5 nitrogen and oxygen atoms in total. The van der Waals surface area contributed by atoms with Crippen LogP contribution in [0.4, 0.5) is 0 Å². The molecule has 5 aromatic rings. The fourth-order valence-electron chi connectivity index (χ4n) is 5.33. The SMILES string of the molecule is CC(C)(C)[Si](C)(C)Oc1ccccc1C[C@@H]1O[C@H]1c1cc(OCc2ccccc2)c(OCc2ccccc2)c(OCc2ccccc2)c1. The van der Waals surface area contributed by atoms with Crippen molar-refractivity contribution in [2.24, 2.45) is 0 Å². The number of ether oxygens (including phenoxy) is 4. The maximum absolute atomic E-state index is 6.76. The number of hydrogen-bond donors (Lipinski definition) is 0. The lowest BCUT2D eigenvalue weighted by molar-refractivity contribution is 0.229. The van der Waals surface area contributed by atoms with Gasteiger partial charge in [0.1, 0.15) is 31.7 Å². The van der Waals surface area contributed by atoms with Crippen molar-refractivity contribution >= 4 is 8.32 Å². The Balaban J connectivity index is 1.29. The minimum absolute atomic E-state index is 0.00852. The predicted octanol–water partition coefficient (Wildman–Crippen LogP) is 10.5. The summed E-state index contributed by atoms with van der Waals surface area (Å²) in [5.74, 6) is 2.80. The van der Waals surface area contributed by atoms with E-state index in [2.05, 4.69) is 107 Å². The van der Waals surface area contributed by atoms with Crippen LogP contribution in [0.3, 0.4) is 0 Å². The van der Waals surface area contributed by atoms with Gasteiger partial charge in [-0.2, -0.15) is 0 Å². The summed E-state index contributed by atoms with van der Waals surface area (Å²) in [6.45, 7) is 12.6. The van der Waals surface area contributed by atoms with E-state index in [0.717, 1.165) is 34.4 Å². The highest BCUT2D eigenvalue weighted by molar-refractivity contribution is 6.74. The normalized spacial score (nSPS) is 15.9. The first kappa shape index (κ1) is 33.4. The van der Waals surface area contributed by atoms with Crippen LogP contribution in [0.15, 0.2) is 127 Å². The summed E-state index contributed by atoms with van der Waals surface area (Å²) in [5.41, 5.74) is 5.37. The predicted molar refractivity (Wildman–Crippen MR) is 194 cm³/mol. The van der Waals surface area contributed by atoms with Gasteiger partial charge in [-0.3, -0.25) is 0 Å². The van der Waals surface area contributed by atoms with Crippen molar-refractivity contribution in [2.75, 3.05) is 0 Å². The lowest BCUT2D eigenvalue weighted by Crippen LogP contribution is -2.44. The molecule has 0 amide bonds. The summed E-state index contributed by atoms with van der Waals surface area (Å²) in [6.07, 6.45) is 0.656. The molecule has 0 saturated carbocycles. The van der Waals surface area contributed by atoms with Gasteiger partial charge >= 0.3 is 0 Å². The smallest absolute Gasteiger partial charge is 0.250 e. The molecule has 48 heavy (non-hydrogen) atoms. The monoisotopic (exact) mass is 658 g/mol. The first-order valence-corrected chi connectivity index (χ1v) is 19.7. The zero-order valence-electron chi connectivity index (χ0n) is 28.6. The van der Waals surface area contributed by atoms with E-state index in [1.54, 1.807) is 0 Å². The lowest BCUT2D eigenvalue weighted by atomic mass is 10.0. The molecule has 0 aromatic heterocycles. The quantitative estimate of drug-likeness (QED) is 0.0878. The molecule has 1 aliphatic heterocycles. The van der Waals surface area contributed by atoms with E-state index in [1.807, 2.05) is 54.6 Å². The van der Waals surface area contributed by atoms with Crippen molar-refractivity contribution < 1.29 is 23.4 Å². The van der Waals surface area contributed by atoms with E-state index >= 15 is 0 Å². The number of epoxide rings is 1. The summed E-state index contributed by atoms with van der Waals surface area (Å²) >= 11 is 0. The van der Waals surface area contributed by atoms with Crippen molar-refractivity contribution in [3.05, 3.63) is 155 Å². The molecule has 1 heterocycles. The Bertz CT molecular complexity index is 1700. The molecule has 0 unspecified atom stereocenters. The van der Waals surface area contributed by atoms with Gasteiger partial charge < -0.3 is 23.4 Å². The summed E-state index contributed by atoms with van der Waals surface area (Å²) in [4.78, 5) is 0. The average molecular weight is 659 g/mol. The molecule has 0 bridgehead atoms. The summed E-state index contributed by atoms with van der Waals surface area (Å²) < 4.78 is 32.6.